The first kappa shape index (κ1) is 6.29. The summed E-state index contributed by atoms with van der Waals surface area (Å²) in [6.45, 7) is 0.463. The Morgan fingerprint density at radius 3 is 3.11 bits per heavy atom. The van der Waals surface area contributed by atoms with Crippen molar-refractivity contribution in [3.05, 3.63) is 11.8 Å². The van der Waals surface area contributed by atoms with E-state index in [9.17, 15) is 4.79 Å². The van der Waals surface area contributed by atoms with Crippen LogP contribution in [0.4, 0.5) is 0 Å². The zero-order valence-corrected chi connectivity index (χ0v) is 5.04. The van der Waals surface area contributed by atoms with Gasteiger partial charge in [0.05, 0.1) is 0 Å². The number of nitrogens with two attached hydrogens (primary N) is 1. The Morgan fingerprint density at radius 2 is 2.67 bits per heavy atom. The molecule has 1 atom stereocenters. The van der Waals surface area contributed by atoms with Crippen LogP contribution in [0.1, 0.15) is 6.42 Å². The van der Waals surface area contributed by atoms with Crippen LogP contribution in [-0.4, -0.2) is 18.9 Å². The fourth-order valence-electron chi connectivity index (χ4n) is 0.680. The molecule has 0 saturated carbocycles. The molecule has 0 aromatic heterocycles. The minimum Gasteiger partial charge on any atom is -0.489 e. The third-order valence-corrected chi connectivity index (χ3v) is 1.20. The summed E-state index contributed by atoms with van der Waals surface area (Å²) >= 11 is 0. The second-order valence-electron chi connectivity index (χ2n) is 2.03. The molecule has 3 nitrogen and oxygen atoms in total. The Kier molecular flexibility index (Phi) is 1.85. The van der Waals surface area contributed by atoms with Crippen molar-refractivity contribution in [3.8, 4) is 0 Å². The number of carbonyl (C=O) groups excluding carboxylic acids is 1. The van der Waals surface area contributed by atoms with Crippen LogP contribution in [0.3, 0.4) is 0 Å². The van der Waals surface area contributed by atoms with Gasteiger partial charge in [-0.2, -0.15) is 0 Å². The molecule has 1 rings (SSSR count). The van der Waals surface area contributed by atoms with Crippen LogP contribution in [-0.2, 0) is 9.53 Å². The quantitative estimate of drug-likeness (QED) is 0.497. The zero-order chi connectivity index (χ0) is 6.69. The molecule has 0 saturated heterocycles. The minimum absolute atomic E-state index is 0.0636. The molecule has 9 heavy (non-hydrogen) atoms. The van der Waals surface area contributed by atoms with Crippen molar-refractivity contribution in [2.75, 3.05) is 6.61 Å². The summed E-state index contributed by atoms with van der Waals surface area (Å²) in [6, 6.07) is 0.0636. The summed E-state index contributed by atoms with van der Waals surface area (Å²) in [5.41, 5.74) is 5.47. The van der Waals surface area contributed by atoms with Gasteiger partial charge in [0.1, 0.15) is 6.61 Å². The number of hydrogen-bond acceptors (Lipinski definition) is 3. The highest BCUT2D eigenvalue weighted by Crippen LogP contribution is 2.05. The van der Waals surface area contributed by atoms with E-state index >= 15 is 0 Å². The Hall–Kier alpha value is -0.830. The van der Waals surface area contributed by atoms with Gasteiger partial charge in [-0.05, 0) is 12.5 Å². The maximum Gasteiger partial charge on any atom is 0.184 e. The van der Waals surface area contributed by atoms with Crippen LogP contribution in [0.5, 0.6) is 0 Å². The number of aldehydes is 1. The van der Waals surface area contributed by atoms with Crippen LogP contribution in [0.15, 0.2) is 11.8 Å². The number of carbonyl (C=O) groups is 1. The highest BCUT2D eigenvalue weighted by atomic mass is 16.5. The molecular weight excluding hydrogens is 118 g/mol. The SMILES string of the molecule is N[C@@H]1CC=C(C=O)OC1. The molecule has 0 fully saturated rings. The van der Waals surface area contributed by atoms with Crippen molar-refractivity contribution in [2.24, 2.45) is 5.73 Å². The van der Waals surface area contributed by atoms with Crippen LogP contribution < -0.4 is 5.73 Å². The molecule has 0 aromatic carbocycles. The molecule has 0 spiro atoms. The second-order valence-corrected chi connectivity index (χ2v) is 2.03. The minimum atomic E-state index is 0.0636. The van der Waals surface area contributed by atoms with E-state index in [1.807, 2.05) is 0 Å². The van der Waals surface area contributed by atoms with Crippen LogP contribution in [0.25, 0.3) is 0 Å². The summed E-state index contributed by atoms with van der Waals surface area (Å²) in [7, 11) is 0. The first-order valence-corrected chi connectivity index (χ1v) is 2.86. The van der Waals surface area contributed by atoms with E-state index in [-0.39, 0.29) is 6.04 Å². The molecule has 1 aliphatic rings. The molecule has 0 unspecified atom stereocenters. The third-order valence-electron chi connectivity index (χ3n) is 1.20. The number of ether oxygens (including phenoxy) is 1. The van der Waals surface area contributed by atoms with Crippen molar-refractivity contribution >= 4 is 6.29 Å². The topological polar surface area (TPSA) is 52.3 Å². The van der Waals surface area contributed by atoms with E-state index in [2.05, 4.69) is 0 Å². The molecule has 3 heteroatoms. The smallest absolute Gasteiger partial charge is 0.184 e. The van der Waals surface area contributed by atoms with Crippen molar-refractivity contribution in [2.45, 2.75) is 12.5 Å². The average Bonchev–Trinajstić information content (AvgIpc) is 1.90. The zero-order valence-electron chi connectivity index (χ0n) is 5.04. The highest BCUT2D eigenvalue weighted by Gasteiger charge is 2.08. The molecule has 0 amide bonds. The van der Waals surface area contributed by atoms with Crippen molar-refractivity contribution < 1.29 is 9.53 Å². The maximum atomic E-state index is 10.0. The highest BCUT2D eigenvalue weighted by molar-refractivity contribution is 5.70. The van der Waals surface area contributed by atoms with E-state index in [1.165, 1.54) is 0 Å². The first-order valence-electron chi connectivity index (χ1n) is 2.86. The molecular formula is C6H9NO2. The molecule has 1 aliphatic heterocycles. The third kappa shape index (κ3) is 1.54. The maximum absolute atomic E-state index is 10.0. The van der Waals surface area contributed by atoms with E-state index in [0.29, 0.717) is 18.7 Å². The number of allylic oxidation sites excluding steroid dienone is 1. The average molecular weight is 127 g/mol. The van der Waals surface area contributed by atoms with Gasteiger partial charge in [0.15, 0.2) is 12.0 Å². The largest absolute Gasteiger partial charge is 0.489 e. The van der Waals surface area contributed by atoms with Crippen LogP contribution >= 0.6 is 0 Å². The van der Waals surface area contributed by atoms with Gasteiger partial charge < -0.3 is 10.5 Å². The fourth-order valence-corrected chi connectivity index (χ4v) is 0.680. The van der Waals surface area contributed by atoms with Gasteiger partial charge in [-0.1, -0.05) is 0 Å². The number of rotatable bonds is 1. The van der Waals surface area contributed by atoms with Crippen molar-refractivity contribution in [3.63, 3.8) is 0 Å². The second kappa shape index (κ2) is 2.64. The van der Waals surface area contributed by atoms with Crippen LogP contribution in [0.2, 0.25) is 0 Å². The van der Waals surface area contributed by atoms with Crippen molar-refractivity contribution in [1.29, 1.82) is 0 Å². The Bertz CT molecular complexity index is 142. The monoisotopic (exact) mass is 127 g/mol. The van der Waals surface area contributed by atoms with E-state index < -0.39 is 0 Å². The van der Waals surface area contributed by atoms with E-state index in [0.717, 1.165) is 6.42 Å². The lowest BCUT2D eigenvalue weighted by molar-refractivity contribution is -0.108. The summed E-state index contributed by atoms with van der Waals surface area (Å²) in [5.74, 6) is 0.414. The van der Waals surface area contributed by atoms with Gasteiger partial charge in [0.25, 0.3) is 0 Å². The molecule has 50 valence electrons. The summed E-state index contributed by atoms with van der Waals surface area (Å²) in [5, 5.41) is 0. The Balaban J connectivity index is 2.49. The Labute approximate surface area is 53.5 Å². The first-order chi connectivity index (χ1) is 4.33. The molecule has 0 bridgehead atoms. The van der Waals surface area contributed by atoms with Gasteiger partial charge in [-0.25, -0.2) is 0 Å². The van der Waals surface area contributed by atoms with E-state index in [1.54, 1.807) is 6.08 Å². The van der Waals surface area contributed by atoms with Crippen molar-refractivity contribution in [1.82, 2.24) is 0 Å². The standard InChI is InChI=1S/C6H9NO2/c7-5-1-2-6(3-8)9-4-5/h2-3,5H,1,4,7H2/t5-/m1/s1. The lowest BCUT2D eigenvalue weighted by atomic mass is 10.2. The summed E-state index contributed by atoms with van der Waals surface area (Å²) < 4.78 is 4.91. The molecule has 2 N–H and O–H groups in total. The lowest BCUT2D eigenvalue weighted by Crippen LogP contribution is -2.28. The fraction of sp³-hybridized carbons (Fsp3) is 0.500. The lowest BCUT2D eigenvalue weighted by Gasteiger charge is -2.15. The number of hydrogen-bond donors (Lipinski definition) is 1. The van der Waals surface area contributed by atoms with Gasteiger partial charge in [0.2, 0.25) is 0 Å². The van der Waals surface area contributed by atoms with Gasteiger partial charge >= 0.3 is 0 Å². The Morgan fingerprint density at radius 1 is 1.89 bits per heavy atom. The molecule has 0 aliphatic carbocycles. The predicted molar refractivity (Wildman–Crippen MR) is 32.7 cm³/mol. The summed E-state index contributed by atoms with van der Waals surface area (Å²) in [4.78, 5) is 10.0. The molecule has 1 heterocycles. The molecule has 0 radical (unpaired) electrons. The molecule has 0 aromatic rings. The van der Waals surface area contributed by atoms with E-state index in [4.69, 9.17) is 10.5 Å². The van der Waals surface area contributed by atoms with Gasteiger partial charge in [0, 0.05) is 6.04 Å². The predicted octanol–water partition coefficient (Wildman–Crippen LogP) is -0.183. The van der Waals surface area contributed by atoms with Gasteiger partial charge in [-0.15, -0.1) is 0 Å². The van der Waals surface area contributed by atoms with Crippen LogP contribution in [0, 0.1) is 0 Å². The summed E-state index contributed by atoms with van der Waals surface area (Å²) in [6.07, 6.45) is 3.15. The normalized spacial score (nSPS) is 26.3. The van der Waals surface area contributed by atoms with Gasteiger partial charge in [-0.3, -0.25) is 4.79 Å².